The average Bonchev–Trinajstić information content (AvgIpc) is 3.69. The molecule has 0 atom stereocenters. The number of aryl methyl sites for hydroxylation is 1. The van der Waals surface area contributed by atoms with Gasteiger partial charge < -0.3 is 10.4 Å². The number of rotatable bonds is 9. The first-order valence-electron chi connectivity index (χ1n) is 15.1. The minimum absolute atomic E-state index is 0.119. The number of halogens is 3. The molecule has 6 aromatic rings. The molecule has 0 aliphatic carbocycles. The lowest BCUT2D eigenvalue weighted by atomic mass is 10.1. The number of carbonyl (C=O) groups excluding carboxylic acids is 1. The molecule has 0 fully saturated rings. The van der Waals surface area contributed by atoms with Crippen LogP contribution in [0, 0.1) is 6.92 Å². The molecule has 14 heteroatoms. The van der Waals surface area contributed by atoms with Gasteiger partial charge in [0.25, 0.3) is 0 Å². The molecule has 0 aliphatic heterocycles. The maximum absolute atomic E-state index is 13.2. The molecule has 3 aromatic carbocycles. The van der Waals surface area contributed by atoms with Crippen LogP contribution in [0.1, 0.15) is 36.2 Å². The Labute approximate surface area is 289 Å². The highest BCUT2D eigenvalue weighted by atomic mass is 32.2. The molecular formula is C35H32F3N7O2S2. The quantitative estimate of drug-likeness (QED) is 0.138. The summed E-state index contributed by atoms with van der Waals surface area (Å²) in [6.07, 6.45) is -0.631. The Morgan fingerprint density at radius 2 is 1.71 bits per heavy atom. The SMILES string of the molecule is CSC(C)(C)c1cc(NC(=O)NCc2ccccc2Sc2ccc3nnc(-c4ccc(C)cc4O)n3c2)n(-c2ccc(C(F)(F)F)cc2)n1. The number of aromatic nitrogens is 5. The van der Waals surface area contributed by atoms with Crippen LogP contribution in [0.3, 0.4) is 0 Å². The zero-order chi connectivity index (χ0) is 34.9. The molecule has 6 rings (SSSR count). The number of nitrogens with one attached hydrogen (secondary N) is 2. The summed E-state index contributed by atoms with van der Waals surface area (Å²) in [5, 5.41) is 29.5. The van der Waals surface area contributed by atoms with E-state index in [0.717, 1.165) is 33.1 Å². The first kappa shape index (κ1) is 33.9. The van der Waals surface area contributed by atoms with Gasteiger partial charge in [0.05, 0.1) is 27.3 Å². The van der Waals surface area contributed by atoms with E-state index in [0.29, 0.717) is 34.2 Å². The van der Waals surface area contributed by atoms with Crippen molar-refractivity contribution < 1.29 is 23.1 Å². The molecule has 0 saturated heterocycles. The largest absolute Gasteiger partial charge is 0.507 e. The predicted molar refractivity (Wildman–Crippen MR) is 186 cm³/mol. The van der Waals surface area contributed by atoms with Crippen molar-refractivity contribution in [2.45, 2.75) is 48.0 Å². The van der Waals surface area contributed by atoms with Gasteiger partial charge in [-0.3, -0.25) is 9.72 Å². The van der Waals surface area contributed by atoms with Gasteiger partial charge >= 0.3 is 12.2 Å². The third-order valence-corrected chi connectivity index (χ3v) is 10.3. The Hall–Kier alpha value is -4.95. The number of aromatic hydroxyl groups is 1. The third-order valence-electron chi connectivity index (χ3n) is 7.93. The minimum atomic E-state index is -4.47. The molecule has 3 aromatic heterocycles. The molecule has 9 nitrogen and oxygen atoms in total. The summed E-state index contributed by atoms with van der Waals surface area (Å²) in [7, 11) is 0. The summed E-state index contributed by atoms with van der Waals surface area (Å²) in [5.74, 6) is 0.949. The normalized spacial score (nSPS) is 12.0. The Morgan fingerprint density at radius 1 is 0.959 bits per heavy atom. The number of amides is 2. The van der Waals surface area contributed by atoms with Gasteiger partial charge in [-0.2, -0.15) is 30.0 Å². The van der Waals surface area contributed by atoms with E-state index in [1.165, 1.54) is 28.6 Å². The van der Waals surface area contributed by atoms with E-state index in [2.05, 4.69) is 25.9 Å². The van der Waals surface area contributed by atoms with Crippen LogP contribution in [0.4, 0.5) is 23.8 Å². The molecular weight excluding hydrogens is 672 g/mol. The number of pyridine rings is 1. The number of fused-ring (bicyclic) bond motifs is 1. The summed E-state index contributed by atoms with van der Waals surface area (Å²) >= 11 is 3.06. The summed E-state index contributed by atoms with van der Waals surface area (Å²) in [6, 6.07) is 22.7. The first-order chi connectivity index (χ1) is 23.3. The monoisotopic (exact) mass is 703 g/mol. The Balaban J connectivity index is 1.20. The topological polar surface area (TPSA) is 109 Å². The summed E-state index contributed by atoms with van der Waals surface area (Å²) < 4.78 is 42.4. The Kier molecular flexibility index (Phi) is 9.36. The number of phenolic OH excluding ortho intramolecular Hbond substituents is 1. The molecule has 0 saturated carbocycles. The van der Waals surface area contributed by atoms with Crippen molar-refractivity contribution in [3.63, 3.8) is 0 Å². The second-order valence-corrected chi connectivity index (χ2v) is 14.3. The fourth-order valence-corrected chi connectivity index (χ4v) is 6.29. The lowest BCUT2D eigenvalue weighted by Crippen LogP contribution is -2.29. The van der Waals surface area contributed by atoms with E-state index >= 15 is 0 Å². The lowest BCUT2D eigenvalue weighted by Gasteiger charge is -2.18. The fraction of sp³-hybridized carbons (Fsp3) is 0.200. The fourth-order valence-electron chi connectivity index (χ4n) is 5.02. The maximum Gasteiger partial charge on any atom is 0.416 e. The molecule has 0 unspecified atom stereocenters. The van der Waals surface area contributed by atoms with Crippen LogP contribution in [-0.4, -0.2) is 41.8 Å². The van der Waals surface area contributed by atoms with Gasteiger partial charge in [0, 0.05) is 28.6 Å². The molecule has 252 valence electrons. The van der Waals surface area contributed by atoms with E-state index in [4.69, 9.17) is 0 Å². The van der Waals surface area contributed by atoms with Crippen molar-refractivity contribution >= 4 is 41.0 Å². The van der Waals surface area contributed by atoms with E-state index in [1.807, 2.05) is 86.2 Å². The smallest absolute Gasteiger partial charge is 0.416 e. The molecule has 3 heterocycles. The van der Waals surface area contributed by atoms with Crippen molar-refractivity contribution in [1.82, 2.24) is 29.7 Å². The average molecular weight is 704 g/mol. The zero-order valence-electron chi connectivity index (χ0n) is 26.9. The highest BCUT2D eigenvalue weighted by Gasteiger charge is 2.30. The number of anilines is 1. The molecule has 3 N–H and O–H groups in total. The van der Waals surface area contributed by atoms with Crippen LogP contribution >= 0.6 is 23.5 Å². The number of hydrogen-bond acceptors (Lipinski definition) is 7. The van der Waals surface area contributed by atoms with Crippen molar-refractivity contribution in [2.24, 2.45) is 0 Å². The van der Waals surface area contributed by atoms with Gasteiger partial charge in [0.2, 0.25) is 0 Å². The molecule has 49 heavy (non-hydrogen) atoms. The molecule has 2 amide bonds. The summed E-state index contributed by atoms with van der Waals surface area (Å²) in [6.45, 7) is 6.05. The summed E-state index contributed by atoms with van der Waals surface area (Å²) in [5.41, 5.74) is 3.25. The Bertz CT molecular complexity index is 2140. The maximum atomic E-state index is 13.2. The molecule has 0 aliphatic rings. The highest BCUT2D eigenvalue weighted by Crippen LogP contribution is 2.36. The third kappa shape index (κ3) is 7.39. The van der Waals surface area contributed by atoms with Crippen LogP contribution in [0.15, 0.2) is 101 Å². The predicted octanol–water partition coefficient (Wildman–Crippen LogP) is 8.69. The standard InChI is InChI=1S/C35H32F3N7O2S2/c1-21-9-15-26(27(46)17-21)32-42-41-30-16-14-25(20-44(30)32)49-28-8-6-5-7-22(28)19-39-33(47)40-31-18-29(34(2,3)48-4)43-45(31)24-12-10-23(11-13-24)35(36,37)38/h5-18,20,46H,19H2,1-4H3,(H2,39,40,47). The van der Waals surface area contributed by atoms with Gasteiger partial charge in [-0.05, 0) is 92.8 Å². The van der Waals surface area contributed by atoms with Crippen LogP contribution in [-0.2, 0) is 17.5 Å². The van der Waals surface area contributed by atoms with Gasteiger partial charge in [-0.15, -0.1) is 10.2 Å². The number of carbonyl (C=O) groups is 1. The van der Waals surface area contributed by atoms with Gasteiger partial charge in [-0.1, -0.05) is 36.0 Å². The minimum Gasteiger partial charge on any atom is -0.507 e. The van der Waals surface area contributed by atoms with Crippen LogP contribution in [0.25, 0.3) is 22.7 Å². The van der Waals surface area contributed by atoms with Crippen LogP contribution in [0.5, 0.6) is 5.75 Å². The highest BCUT2D eigenvalue weighted by molar-refractivity contribution is 7.99. The van der Waals surface area contributed by atoms with E-state index < -0.39 is 22.5 Å². The van der Waals surface area contributed by atoms with Gasteiger partial charge in [0.15, 0.2) is 11.5 Å². The molecule has 0 spiro atoms. The number of nitrogens with zero attached hydrogens (tertiary/aromatic N) is 5. The number of hydrogen-bond donors (Lipinski definition) is 3. The molecule has 0 bridgehead atoms. The Morgan fingerprint density at radius 3 is 2.43 bits per heavy atom. The van der Waals surface area contributed by atoms with E-state index in [9.17, 15) is 23.1 Å². The second kappa shape index (κ2) is 13.5. The first-order valence-corrected chi connectivity index (χ1v) is 17.2. The lowest BCUT2D eigenvalue weighted by molar-refractivity contribution is -0.137. The molecule has 0 radical (unpaired) electrons. The van der Waals surface area contributed by atoms with Crippen molar-refractivity contribution in [3.05, 3.63) is 114 Å². The van der Waals surface area contributed by atoms with Gasteiger partial charge in [0.1, 0.15) is 11.6 Å². The number of thioether (sulfide) groups is 1. The van der Waals surface area contributed by atoms with E-state index in [1.54, 1.807) is 23.9 Å². The number of benzene rings is 3. The van der Waals surface area contributed by atoms with Crippen molar-refractivity contribution in [2.75, 3.05) is 11.6 Å². The van der Waals surface area contributed by atoms with Gasteiger partial charge in [-0.25, -0.2) is 9.48 Å². The van der Waals surface area contributed by atoms with Crippen molar-refractivity contribution in [3.8, 4) is 22.8 Å². The summed E-state index contributed by atoms with van der Waals surface area (Å²) in [4.78, 5) is 15.0. The van der Waals surface area contributed by atoms with Crippen LogP contribution < -0.4 is 10.6 Å². The zero-order valence-corrected chi connectivity index (χ0v) is 28.5. The van der Waals surface area contributed by atoms with E-state index in [-0.39, 0.29) is 12.3 Å². The van der Waals surface area contributed by atoms with Crippen molar-refractivity contribution in [1.29, 1.82) is 0 Å². The number of phenols is 1. The van der Waals surface area contributed by atoms with Crippen LogP contribution in [0.2, 0.25) is 0 Å². The number of urea groups is 1. The number of alkyl halides is 3. The second-order valence-electron chi connectivity index (χ2n) is 11.7.